The number of benzene rings is 1. The molecule has 0 spiro atoms. The van der Waals surface area contributed by atoms with Crippen LogP contribution in [0.25, 0.3) is 0 Å². The van der Waals surface area contributed by atoms with Crippen molar-refractivity contribution in [3.05, 3.63) is 51.8 Å². The van der Waals surface area contributed by atoms with Crippen molar-refractivity contribution in [1.82, 2.24) is 0 Å². The molecule has 2 rings (SSSR count). The zero-order valence-corrected chi connectivity index (χ0v) is 9.79. The number of rotatable bonds is 3. The van der Waals surface area contributed by atoms with Crippen molar-refractivity contribution in [3.8, 4) is 0 Å². The summed E-state index contributed by atoms with van der Waals surface area (Å²) in [6.07, 6.45) is 0.935. The molecule has 0 fully saturated rings. The van der Waals surface area contributed by atoms with Gasteiger partial charge in [0.1, 0.15) is 0 Å². The molecule has 0 saturated carbocycles. The summed E-state index contributed by atoms with van der Waals surface area (Å²) in [6, 6.07) is 7.56. The quantitative estimate of drug-likeness (QED) is 0.595. The van der Waals surface area contributed by atoms with Crippen molar-refractivity contribution in [2.45, 2.75) is 13.0 Å². The molecule has 0 aliphatic carbocycles. The van der Waals surface area contributed by atoms with E-state index in [-0.39, 0.29) is 10.6 Å². The number of anilines is 1. The summed E-state index contributed by atoms with van der Waals surface area (Å²) in [6.45, 7) is 2.27. The molecule has 0 saturated heterocycles. The average molecular weight is 234 g/mol. The standard InChI is InChI=1S/C12H14N2O3/c1-3-17-12-9-6-4-5-7-10(9)13(2)8-11(12)14(15)16/h4-8,12H,3H2,1-2H3. The lowest BCUT2D eigenvalue weighted by molar-refractivity contribution is -0.438. The van der Waals surface area contributed by atoms with Crippen molar-refractivity contribution in [2.75, 3.05) is 18.6 Å². The average Bonchev–Trinajstić information content (AvgIpc) is 2.32. The van der Waals surface area contributed by atoms with Gasteiger partial charge in [0.25, 0.3) is 5.70 Å². The van der Waals surface area contributed by atoms with Gasteiger partial charge in [-0.1, -0.05) is 18.2 Å². The van der Waals surface area contributed by atoms with Gasteiger partial charge in [-0.25, -0.2) is 0 Å². The molecule has 90 valence electrons. The minimum Gasteiger partial charge on any atom is -0.362 e. The summed E-state index contributed by atoms with van der Waals surface area (Å²) >= 11 is 0. The van der Waals surface area contributed by atoms with Crippen LogP contribution in [0.3, 0.4) is 0 Å². The Bertz CT molecular complexity index is 471. The van der Waals surface area contributed by atoms with Gasteiger partial charge in [-0.15, -0.1) is 0 Å². The van der Waals surface area contributed by atoms with Crippen molar-refractivity contribution in [1.29, 1.82) is 0 Å². The van der Waals surface area contributed by atoms with Gasteiger partial charge in [-0.05, 0) is 13.0 Å². The second kappa shape index (κ2) is 4.55. The lowest BCUT2D eigenvalue weighted by Crippen LogP contribution is -2.25. The first-order valence-electron chi connectivity index (χ1n) is 5.44. The topological polar surface area (TPSA) is 55.6 Å². The number of hydrogen-bond acceptors (Lipinski definition) is 4. The van der Waals surface area contributed by atoms with Crippen LogP contribution >= 0.6 is 0 Å². The van der Waals surface area contributed by atoms with Crippen LogP contribution in [0, 0.1) is 10.1 Å². The highest BCUT2D eigenvalue weighted by Crippen LogP contribution is 2.37. The van der Waals surface area contributed by atoms with Gasteiger partial charge in [0, 0.05) is 24.9 Å². The maximum absolute atomic E-state index is 11.0. The van der Waals surface area contributed by atoms with Crippen LogP contribution in [0.2, 0.25) is 0 Å². The Balaban J connectivity index is 2.50. The molecule has 17 heavy (non-hydrogen) atoms. The van der Waals surface area contributed by atoms with Crippen molar-refractivity contribution < 1.29 is 9.66 Å². The van der Waals surface area contributed by atoms with Crippen LogP contribution in [0.5, 0.6) is 0 Å². The Morgan fingerprint density at radius 1 is 1.47 bits per heavy atom. The Morgan fingerprint density at radius 2 is 2.18 bits per heavy atom. The minimum atomic E-state index is -0.581. The van der Waals surface area contributed by atoms with Crippen LogP contribution in [0.1, 0.15) is 18.6 Å². The molecule has 1 aliphatic heterocycles. The normalized spacial score (nSPS) is 18.6. The third-order valence-corrected chi connectivity index (χ3v) is 2.74. The van der Waals surface area contributed by atoms with Gasteiger partial charge in [0.15, 0.2) is 6.10 Å². The van der Waals surface area contributed by atoms with E-state index in [9.17, 15) is 10.1 Å². The predicted octanol–water partition coefficient (Wildman–Crippen LogP) is 2.33. The number of hydrogen-bond donors (Lipinski definition) is 0. The van der Waals surface area contributed by atoms with E-state index in [4.69, 9.17) is 4.74 Å². The summed E-state index contributed by atoms with van der Waals surface area (Å²) in [7, 11) is 1.80. The van der Waals surface area contributed by atoms with E-state index in [1.165, 1.54) is 6.20 Å². The molecule has 5 nitrogen and oxygen atoms in total. The van der Waals surface area contributed by atoms with Crippen molar-refractivity contribution in [3.63, 3.8) is 0 Å². The van der Waals surface area contributed by atoms with E-state index in [1.54, 1.807) is 11.9 Å². The van der Waals surface area contributed by atoms with Crippen LogP contribution < -0.4 is 4.90 Å². The summed E-state index contributed by atoms with van der Waals surface area (Å²) in [5, 5.41) is 11.0. The highest BCUT2D eigenvalue weighted by atomic mass is 16.6. The maximum Gasteiger partial charge on any atom is 0.295 e. The number of fused-ring (bicyclic) bond motifs is 1. The van der Waals surface area contributed by atoms with Crippen molar-refractivity contribution >= 4 is 5.69 Å². The van der Waals surface area contributed by atoms with Crippen LogP contribution in [-0.2, 0) is 4.74 Å². The van der Waals surface area contributed by atoms with Gasteiger partial charge >= 0.3 is 0 Å². The fourth-order valence-corrected chi connectivity index (χ4v) is 2.01. The summed E-state index contributed by atoms with van der Waals surface area (Å²) in [5.41, 5.74) is 1.86. The van der Waals surface area contributed by atoms with Crippen LogP contribution in [0.15, 0.2) is 36.2 Å². The van der Waals surface area contributed by atoms with E-state index in [2.05, 4.69) is 0 Å². The zero-order valence-electron chi connectivity index (χ0n) is 9.79. The molecular formula is C12H14N2O3. The highest BCUT2D eigenvalue weighted by molar-refractivity contribution is 5.60. The molecule has 0 radical (unpaired) electrons. The van der Waals surface area contributed by atoms with E-state index in [0.717, 1.165) is 11.3 Å². The first-order chi connectivity index (χ1) is 8.15. The predicted molar refractivity (Wildman–Crippen MR) is 64.3 cm³/mol. The lowest BCUT2D eigenvalue weighted by Gasteiger charge is -2.27. The Kier molecular flexibility index (Phi) is 3.10. The summed E-state index contributed by atoms with van der Waals surface area (Å²) in [4.78, 5) is 12.4. The molecule has 5 heteroatoms. The molecule has 0 amide bonds. The second-order valence-electron chi connectivity index (χ2n) is 3.82. The molecule has 1 aromatic rings. The first kappa shape index (κ1) is 11.6. The SMILES string of the molecule is CCOC1C([N+](=O)[O-])=CN(C)c2ccccc21. The van der Waals surface area contributed by atoms with Gasteiger partial charge in [0.2, 0.25) is 0 Å². The molecule has 0 bridgehead atoms. The number of para-hydroxylation sites is 1. The smallest absolute Gasteiger partial charge is 0.295 e. The summed E-state index contributed by atoms with van der Waals surface area (Å²) in [5.74, 6) is 0. The largest absolute Gasteiger partial charge is 0.362 e. The van der Waals surface area contributed by atoms with Gasteiger partial charge in [0.05, 0.1) is 11.1 Å². The van der Waals surface area contributed by atoms with Crippen molar-refractivity contribution in [2.24, 2.45) is 0 Å². The van der Waals surface area contributed by atoms with E-state index >= 15 is 0 Å². The van der Waals surface area contributed by atoms with Gasteiger partial charge in [-0.3, -0.25) is 10.1 Å². The Hall–Kier alpha value is -1.88. The van der Waals surface area contributed by atoms with Crippen LogP contribution in [0.4, 0.5) is 5.69 Å². The molecule has 1 unspecified atom stereocenters. The molecule has 1 aromatic carbocycles. The van der Waals surface area contributed by atoms with E-state index in [0.29, 0.717) is 6.61 Å². The van der Waals surface area contributed by atoms with E-state index in [1.807, 2.05) is 31.2 Å². The van der Waals surface area contributed by atoms with Gasteiger partial charge < -0.3 is 9.64 Å². The molecule has 0 aromatic heterocycles. The fourth-order valence-electron chi connectivity index (χ4n) is 2.01. The zero-order chi connectivity index (χ0) is 12.4. The first-order valence-corrected chi connectivity index (χ1v) is 5.44. The maximum atomic E-state index is 11.0. The second-order valence-corrected chi connectivity index (χ2v) is 3.82. The van der Waals surface area contributed by atoms with E-state index < -0.39 is 6.10 Å². The van der Waals surface area contributed by atoms with Crippen LogP contribution in [-0.4, -0.2) is 18.6 Å². The minimum absolute atomic E-state index is 0.0769. The third kappa shape index (κ3) is 2.01. The Labute approximate surface area is 99.5 Å². The fraction of sp³-hybridized carbons (Fsp3) is 0.333. The number of nitro groups is 1. The lowest BCUT2D eigenvalue weighted by atomic mass is 10.0. The summed E-state index contributed by atoms with van der Waals surface area (Å²) < 4.78 is 5.49. The molecule has 1 atom stereocenters. The molecule has 0 N–H and O–H groups in total. The monoisotopic (exact) mass is 234 g/mol. The number of nitrogens with zero attached hydrogens (tertiary/aromatic N) is 2. The molecule has 1 aliphatic rings. The third-order valence-electron chi connectivity index (χ3n) is 2.74. The molecule has 1 heterocycles. The van der Waals surface area contributed by atoms with Gasteiger partial charge in [-0.2, -0.15) is 0 Å². The Morgan fingerprint density at radius 3 is 2.82 bits per heavy atom. The highest BCUT2D eigenvalue weighted by Gasteiger charge is 2.33. The molecular weight excluding hydrogens is 220 g/mol. The number of ether oxygens (including phenoxy) is 1.